The van der Waals surface area contributed by atoms with E-state index >= 15 is 0 Å². The summed E-state index contributed by atoms with van der Waals surface area (Å²) < 4.78 is 0. The Morgan fingerprint density at radius 2 is 0.948 bits per heavy atom. The highest BCUT2D eigenvalue weighted by atomic mass is 16.4. The molecule has 23 N–H and O–H groups in total. The molecular formula is C58H89N17O21. The second-order valence-electron chi connectivity index (χ2n) is 23.3. The van der Waals surface area contributed by atoms with Gasteiger partial charge in [-0.3, -0.25) is 86.5 Å². The Bertz CT molecular complexity index is 3040. The smallest absolute Gasteiger partial charge is 0.305 e. The first-order valence-electron chi connectivity index (χ1n) is 30.4. The van der Waals surface area contributed by atoms with Gasteiger partial charge in [-0.05, 0) is 63.4 Å². The predicted molar refractivity (Wildman–Crippen MR) is 334 cm³/mol. The Hall–Kier alpha value is -10.6. The maximum absolute atomic E-state index is 14.4. The highest BCUT2D eigenvalue weighted by molar-refractivity contribution is 6.01. The van der Waals surface area contributed by atoms with Crippen LogP contribution in [0.25, 0.3) is 0 Å². The third-order valence-electron chi connectivity index (χ3n) is 14.6. The Kier molecular flexibility index (Phi) is 33.9. The molecule has 1 aromatic carbocycles. The molecular weight excluding hydrogens is 1270 g/mol. The van der Waals surface area contributed by atoms with E-state index in [2.05, 4.69) is 52.8 Å². The van der Waals surface area contributed by atoms with Crippen LogP contribution in [0.2, 0.25) is 0 Å². The molecule has 1 aliphatic heterocycles. The molecule has 1 saturated heterocycles. The lowest BCUT2D eigenvalue weighted by molar-refractivity contribution is -0.144. The summed E-state index contributed by atoms with van der Waals surface area (Å²) in [5.41, 5.74) is 21.8. The molecule has 1 aliphatic rings. The normalized spacial score (nSPS) is 16.0. The summed E-state index contributed by atoms with van der Waals surface area (Å²) in [6, 6.07) is -11.5. The number of likely N-dealkylation sites (tertiary alicyclic amines) is 1. The highest BCUT2D eigenvalue weighted by Gasteiger charge is 2.42. The van der Waals surface area contributed by atoms with E-state index in [0.717, 1.165) is 13.8 Å². The van der Waals surface area contributed by atoms with Gasteiger partial charge in [0.05, 0.1) is 25.9 Å². The summed E-state index contributed by atoms with van der Waals surface area (Å²) in [5, 5.41) is 63.8. The molecule has 0 spiro atoms. The molecule has 38 heteroatoms. The Morgan fingerprint density at radius 3 is 1.45 bits per heavy atom. The number of aliphatic imine (C=N–C) groups is 1. The molecule has 1 aromatic rings. The number of rotatable bonds is 41. The Labute approximate surface area is 550 Å². The molecule has 1 fully saturated rings. The van der Waals surface area contributed by atoms with Gasteiger partial charge in [-0.2, -0.15) is 0 Å². The topological polar surface area (TPSA) is 623 Å². The molecule has 96 heavy (non-hydrogen) atoms. The number of aliphatic hydroxyl groups excluding tert-OH is 1. The first kappa shape index (κ1) is 81.5. The van der Waals surface area contributed by atoms with E-state index in [-0.39, 0.29) is 44.7 Å². The van der Waals surface area contributed by atoms with E-state index in [0.29, 0.717) is 5.56 Å². The predicted octanol–water partition coefficient (Wildman–Crippen LogP) is -7.85. The fourth-order valence-electron chi connectivity index (χ4n) is 9.46. The number of carboxylic acid groups (broad SMARTS) is 3. The van der Waals surface area contributed by atoms with Crippen LogP contribution in [0.15, 0.2) is 35.3 Å². The number of hydrogen-bond acceptors (Lipinski definition) is 19. The summed E-state index contributed by atoms with van der Waals surface area (Å²) in [4.78, 5) is 228. The van der Waals surface area contributed by atoms with Gasteiger partial charge in [-0.25, -0.2) is 0 Å². The minimum Gasteiger partial charge on any atom is -0.481 e. The van der Waals surface area contributed by atoms with Crippen molar-refractivity contribution in [2.45, 2.75) is 185 Å². The monoisotopic (exact) mass is 1360 g/mol. The van der Waals surface area contributed by atoms with Crippen LogP contribution in [0.5, 0.6) is 0 Å². The molecule has 0 saturated carbocycles. The van der Waals surface area contributed by atoms with Crippen molar-refractivity contribution in [1.82, 2.24) is 63.4 Å². The highest BCUT2D eigenvalue weighted by Crippen LogP contribution is 2.22. The number of aliphatic hydroxyl groups is 1. The molecule has 1 heterocycles. The van der Waals surface area contributed by atoms with E-state index in [9.17, 15) is 96.8 Å². The lowest BCUT2D eigenvalue weighted by atomic mass is 9.98. The summed E-state index contributed by atoms with van der Waals surface area (Å²) in [7, 11) is 0. The molecule has 0 unspecified atom stereocenters. The van der Waals surface area contributed by atoms with Crippen molar-refractivity contribution >= 4 is 107 Å². The van der Waals surface area contributed by atoms with Gasteiger partial charge >= 0.3 is 17.9 Å². The zero-order valence-electron chi connectivity index (χ0n) is 54.1. The van der Waals surface area contributed by atoms with Crippen LogP contribution >= 0.6 is 0 Å². The number of primary amides is 2. The maximum atomic E-state index is 14.4. The Morgan fingerprint density at radius 1 is 0.510 bits per heavy atom. The number of guanidine groups is 1. The zero-order valence-corrected chi connectivity index (χ0v) is 54.1. The van der Waals surface area contributed by atoms with Gasteiger partial charge in [-0.1, -0.05) is 58.0 Å². The van der Waals surface area contributed by atoms with Crippen LogP contribution in [-0.2, 0) is 87.9 Å². The molecule has 12 atom stereocenters. The van der Waals surface area contributed by atoms with Crippen LogP contribution in [0.1, 0.15) is 112 Å². The molecule has 532 valence electrons. The van der Waals surface area contributed by atoms with E-state index in [1.165, 1.54) is 24.0 Å². The number of nitrogens with two attached hydrogens (primary N) is 4. The summed E-state index contributed by atoms with van der Waals surface area (Å²) >= 11 is 0. The number of benzene rings is 1. The largest absolute Gasteiger partial charge is 0.481 e. The number of hydrogen-bond donors (Lipinski definition) is 19. The molecule has 0 aromatic heterocycles. The summed E-state index contributed by atoms with van der Waals surface area (Å²) in [6.45, 7) is 9.00. The minimum atomic E-state index is -2.13. The van der Waals surface area contributed by atoms with Crippen LogP contribution in [-0.4, -0.2) is 224 Å². The van der Waals surface area contributed by atoms with E-state index < -0.39 is 230 Å². The SMILES string of the molecule is CC(=O)N[C@@H](CO)C(=O)N[C@@H](CCCN=C(N)N)C(=O)N[C@H](C(=O)N[C@H](C(=O)N1CCC[C@H]1C(=O)N[C@H](C)C(=O)N[C@@H](CCC(N)=O)C(=O)N[C@@H](Cc1ccccc1)C(=O)N[C@@H](CC(=O)O)C(=O)N[C@@H](CC(=O)O)C(=O)N[C@@H](C)C(=O)N[C@@H](CC(=O)O)C(N)=O)C(C)C)C(C)C. The quantitative estimate of drug-likeness (QED) is 0.0164. The number of aliphatic carboxylic acids is 3. The van der Waals surface area contributed by atoms with Crippen LogP contribution in [0.4, 0.5) is 0 Å². The first-order valence-corrected chi connectivity index (χ1v) is 30.4. The fraction of sp³-hybridized carbons (Fsp3) is 0.586. The van der Waals surface area contributed by atoms with Crippen molar-refractivity contribution in [3.8, 4) is 0 Å². The number of nitrogens with zero attached hydrogens (tertiary/aromatic N) is 2. The third kappa shape index (κ3) is 28.3. The molecule has 2 rings (SSSR count). The molecule has 14 amide bonds. The summed E-state index contributed by atoms with van der Waals surface area (Å²) in [6.07, 6.45) is -4.41. The Balaban J connectivity index is 2.39. The van der Waals surface area contributed by atoms with Gasteiger partial charge in [0.25, 0.3) is 0 Å². The average molecular weight is 1360 g/mol. The van der Waals surface area contributed by atoms with Crippen LogP contribution in [0, 0.1) is 11.8 Å². The van der Waals surface area contributed by atoms with E-state index in [4.69, 9.17) is 28.0 Å². The van der Waals surface area contributed by atoms with Crippen molar-refractivity contribution in [1.29, 1.82) is 0 Å². The lowest BCUT2D eigenvalue weighted by Gasteiger charge is -2.33. The summed E-state index contributed by atoms with van der Waals surface area (Å²) in [5.74, 6) is -20.9. The number of carbonyl (C=O) groups is 17. The number of carbonyl (C=O) groups excluding carboxylic acids is 14. The molecule has 38 nitrogen and oxygen atoms in total. The van der Waals surface area contributed by atoms with Gasteiger partial charge in [-0.15, -0.1) is 0 Å². The second-order valence-corrected chi connectivity index (χ2v) is 23.3. The van der Waals surface area contributed by atoms with E-state index in [1.807, 2.05) is 10.6 Å². The van der Waals surface area contributed by atoms with Gasteiger partial charge in [0.1, 0.15) is 72.5 Å². The van der Waals surface area contributed by atoms with Crippen molar-refractivity contribution < 1.29 is 102 Å². The maximum Gasteiger partial charge on any atom is 0.305 e. The van der Waals surface area contributed by atoms with Gasteiger partial charge in [0, 0.05) is 32.9 Å². The van der Waals surface area contributed by atoms with Crippen molar-refractivity contribution in [3.63, 3.8) is 0 Å². The number of carboxylic acids is 3. The number of nitrogens with one attached hydrogen (secondary N) is 11. The van der Waals surface area contributed by atoms with Crippen molar-refractivity contribution in [3.05, 3.63) is 35.9 Å². The minimum absolute atomic E-state index is 0.00924. The van der Waals surface area contributed by atoms with Gasteiger partial charge in [0.15, 0.2) is 5.96 Å². The standard InChI is InChI=1S/C58H89N17O21/c1-26(2)44(73-50(89)32(15-11-19-63-58(61)62)68-54(93)38(25-76)66-30(7)77)56(95)74-45(27(3)4)57(96)75-20-12-16-39(75)55(94)65-29(6)47(86)67-33(17-18-40(59)78)49(88)70-35(21-31-13-9-8-10-14-31)52(91)72-37(24-43(83)84)53(92)71-36(23-42(81)82)51(90)64-28(5)48(87)69-34(46(60)85)22-41(79)80/h8-10,13-14,26-29,32-39,44-45,76H,11-12,15-25H2,1-7H3,(H2,59,78)(H2,60,85)(H,64,90)(H,65,94)(H,66,77)(H,67,86)(H,68,93)(H,69,87)(H,70,88)(H,71,92)(H,72,91)(H,73,89)(H,74,95)(H,79,80)(H,81,82)(H,83,84)(H4,61,62,63)/t28-,29+,32-,33-,34-,35-,36-,37-,38-,39-,44-,45-/m0/s1. The molecule has 0 radical (unpaired) electrons. The van der Waals surface area contributed by atoms with Crippen LogP contribution in [0.3, 0.4) is 0 Å². The first-order chi connectivity index (χ1) is 44.9. The fourth-order valence-corrected chi connectivity index (χ4v) is 9.46. The number of amides is 14. The van der Waals surface area contributed by atoms with Gasteiger partial charge in [0.2, 0.25) is 82.7 Å². The van der Waals surface area contributed by atoms with Crippen molar-refractivity contribution in [2.24, 2.45) is 39.8 Å². The molecule has 0 aliphatic carbocycles. The van der Waals surface area contributed by atoms with Gasteiger partial charge < -0.3 is 107 Å². The second kappa shape index (κ2) is 39.9. The molecule has 0 bridgehead atoms. The average Bonchev–Trinajstić information content (AvgIpc) is 1.56. The lowest BCUT2D eigenvalue weighted by Crippen LogP contribution is -2.61. The zero-order chi connectivity index (χ0) is 72.8. The van der Waals surface area contributed by atoms with E-state index in [1.54, 1.807) is 45.9 Å². The van der Waals surface area contributed by atoms with Crippen molar-refractivity contribution in [2.75, 3.05) is 19.7 Å². The third-order valence-corrected chi connectivity index (χ3v) is 14.6. The van der Waals surface area contributed by atoms with Crippen LogP contribution < -0.4 is 81.4 Å².